The van der Waals surface area contributed by atoms with Crippen LogP contribution in [0.5, 0.6) is 5.75 Å². The number of allylic oxidation sites excluding steroid dienone is 1. The van der Waals surface area contributed by atoms with Crippen molar-refractivity contribution in [1.82, 2.24) is 0 Å². The predicted molar refractivity (Wildman–Crippen MR) is 159 cm³/mol. The lowest BCUT2D eigenvalue weighted by Crippen LogP contribution is -2.04. The summed E-state index contributed by atoms with van der Waals surface area (Å²) in [5, 5.41) is 0. The van der Waals surface area contributed by atoms with E-state index in [9.17, 15) is 0 Å². The number of hydrogen-bond donors (Lipinski definition) is 0. The van der Waals surface area contributed by atoms with E-state index in [1.165, 1.54) is 22.3 Å². The van der Waals surface area contributed by atoms with Crippen LogP contribution in [0.1, 0.15) is 82.7 Å². The van der Waals surface area contributed by atoms with Crippen LogP contribution in [0.25, 0.3) is 6.08 Å². The van der Waals surface area contributed by atoms with Crippen LogP contribution in [-0.4, -0.2) is 6.61 Å². The molecule has 1 heteroatoms. The van der Waals surface area contributed by atoms with Crippen LogP contribution in [0.15, 0.2) is 78.9 Å². The van der Waals surface area contributed by atoms with E-state index in [-0.39, 0.29) is 0 Å². The van der Waals surface area contributed by atoms with Crippen LogP contribution >= 0.6 is 0 Å². The third kappa shape index (κ3) is 13.0. The molecule has 1 atom stereocenters. The first-order valence-electron chi connectivity index (χ1n) is 13.6. The van der Waals surface area contributed by atoms with E-state index < -0.39 is 0 Å². The van der Waals surface area contributed by atoms with Crippen molar-refractivity contribution >= 4 is 6.08 Å². The van der Waals surface area contributed by atoms with Crippen molar-refractivity contribution in [3.8, 4) is 5.75 Å². The third-order valence-electron chi connectivity index (χ3n) is 5.31. The quantitative estimate of drug-likeness (QED) is 0.300. The first-order valence-corrected chi connectivity index (χ1v) is 13.6. The maximum atomic E-state index is 5.79. The van der Waals surface area contributed by atoms with Gasteiger partial charge in [0.15, 0.2) is 0 Å². The number of ether oxygens (including phenoxy) is 1. The summed E-state index contributed by atoms with van der Waals surface area (Å²) in [6.07, 6.45) is 7.88. The van der Waals surface area contributed by atoms with Crippen LogP contribution in [-0.2, 0) is 12.8 Å². The number of para-hydroxylation sites is 1. The fraction of sp³-hybridized carbons (Fsp3) is 0.412. The standard InChI is InChI=1S/C28H32O.3C2H6/c1-4-29-28-8-6-5-7-27(28)20-19-26(21-25-15-11-23(3)12-16-25)18-17-24-13-9-22(2)10-14-24;3*1-2/h5-16,19-20,26H,4,17-18,21H2,1-3H3;3*1-2H3/b20-19+;;;. The van der Waals surface area contributed by atoms with Gasteiger partial charge in [0.1, 0.15) is 5.75 Å². The molecular weight excluding hydrogens is 424 g/mol. The second-order valence-electron chi connectivity index (χ2n) is 7.80. The fourth-order valence-corrected chi connectivity index (χ4v) is 3.54. The molecule has 0 spiro atoms. The largest absolute Gasteiger partial charge is 0.493 e. The molecule has 0 aliphatic carbocycles. The summed E-state index contributed by atoms with van der Waals surface area (Å²) in [5.74, 6) is 1.44. The SMILES string of the molecule is CC.CC.CC.CCOc1ccccc1/C=C/C(CCc1ccc(C)cc1)Cc1ccc(C)cc1. The molecule has 3 aromatic rings. The Labute approximate surface area is 217 Å². The summed E-state index contributed by atoms with van der Waals surface area (Å²) >= 11 is 0. The Morgan fingerprint density at radius 1 is 0.686 bits per heavy atom. The molecule has 0 heterocycles. The highest BCUT2D eigenvalue weighted by Gasteiger charge is 2.08. The van der Waals surface area contributed by atoms with E-state index >= 15 is 0 Å². The highest BCUT2D eigenvalue weighted by atomic mass is 16.5. The lowest BCUT2D eigenvalue weighted by atomic mass is 9.91. The first-order chi connectivity index (χ1) is 17.1. The zero-order valence-electron chi connectivity index (χ0n) is 23.9. The summed E-state index contributed by atoms with van der Waals surface area (Å²) < 4.78 is 5.79. The zero-order valence-corrected chi connectivity index (χ0v) is 23.9. The number of aryl methyl sites for hydroxylation is 3. The molecular formula is C34H50O. The smallest absolute Gasteiger partial charge is 0.126 e. The molecule has 0 aromatic heterocycles. The van der Waals surface area contributed by atoms with E-state index in [1.807, 2.05) is 60.6 Å². The monoisotopic (exact) mass is 474 g/mol. The van der Waals surface area contributed by atoms with Gasteiger partial charge in [-0.2, -0.15) is 0 Å². The topological polar surface area (TPSA) is 9.23 Å². The van der Waals surface area contributed by atoms with Gasteiger partial charge in [-0.05, 0) is 63.1 Å². The average Bonchev–Trinajstić information content (AvgIpc) is 2.92. The van der Waals surface area contributed by atoms with Crippen molar-refractivity contribution < 1.29 is 4.74 Å². The molecule has 1 unspecified atom stereocenters. The fourth-order valence-electron chi connectivity index (χ4n) is 3.54. The summed E-state index contributed by atoms with van der Waals surface area (Å²) in [4.78, 5) is 0. The zero-order chi connectivity index (χ0) is 26.5. The molecule has 0 bridgehead atoms. The van der Waals surface area contributed by atoms with Gasteiger partial charge in [-0.15, -0.1) is 0 Å². The molecule has 1 nitrogen and oxygen atoms in total. The van der Waals surface area contributed by atoms with E-state index in [4.69, 9.17) is 4.74 Å². The molecule has 3 aromatic carbocycles. The van der Waals surface area contributed by atoms with E-state index in [1.54, 1.807) is 0 Å². The number of benzene rings is 3. The van der Waals surface area contributed by atoms with E-state index in [0.29, 0.717) is 12.5 Å². The minimum Gasteiger partial charge on any atom is -0.493 e. The molecule has 0 aliphatic heterocycles. The van der Waals surface area contributed by atoms with Gasteiger partial charge in [0, 0.05) is 5.56 Å². The van der Waals surface area contributed by atoms with E-state index in [0.717, 1.165) is 30.6 Å². The highest BCUT2D eigenvalue weighted by Crippen LogP contribution is 2.23. The van der Waals surface area contributed by atoms with Crippen molar-refractivity contribution in [2.24, 2.45) is 5.92 Å². The number of rotatable bonds is 9. The van der Waals surface area contributed by atoms with E-state index in [2.05, 4.69) is 86.7 Å². The molecule has 0 amide bonds. The Kier molecular flexibility index (Phi) is 18.9. The molecule has 192 valence electrons. The second-order valence-corrected chi connectivity index (χ2v) is 7.80. The summed E-state index contributed by atoms with van der Waals surface area (Å²) in [6, 6.07) is 26.1. The molecule has 0 saturated heterocycles. The first kappa shape index (κ1) is 32.2. The lowest BCUT2D eigenvalue weighted by Gasteiger charge is -2.14. The maximum Gasteiger partial charge on any atom is 0.126 e. The minimum atomic E-state index is 0.480. The number of hydrogen-bond acceptors (Lipinski definition) is 1. The molecule has 0 aliphatic rings. The highest BCUT2D eigenvalue weighted by molar-refractivity contribution is 5.57. The van der Waals surface area contributed by atoms with Gasteiger partial charge in [-0.1, -0.05) is 132 Å². The summed E-state index contributed by atoms with van der Waals surface area (Å²) in [7, 11) is 0. The summed E-state index contributed by atoms with van der Waals surface area (Å²) in [6.45, 7) is 19.0. The van der Waals surface area contributed by atoms with Gasteiger partial charge >= 0.3 is 0 Å². The Balaban J connectivity index is 0.00000179. The minimum absolute atomic E-state index is 0.480. The van der Waals surface area contributed by atoms with Gasteiger partial charge in [0.05, 0.1) is 6.61 Å². The van der Waals surface area contributed by atoms with Gasteiger partial charge in [-0.25, -0.2) is 0 Å². The molecule has 0 radical (unpaired) electrons. The summed E-state index contributed by atoms with van der Waals surface area (Å²) in [5.41, 5.74) is 6.59. The van der Waals surface area contributed by atoms with Gasteiger partial charge in [-0.3, -0.25) is 0 Å². The average molecular weight is 475 g/mol. The van der Waals surface area contributed by atoms with Crippen molar-refractivity contribution in [2.75, 3.05) is 6.61 Å². The molecule has 0 saturated carbocycles. The molecule has 0 N–H and O–H groups in total. The van der Waals surface area contributed by atoms with Crippen molar-refractivity contribution in [2.45, 2.75) is 81.6 Å². The Bertz CT molecular complexity index is 904. The van der Waals surface area contributed by atoms with Crippen LogP contribution in [0.4, 0.5) is 0 Å². The van der Waals surface area contributed by atoms with Crippen molar-refractivity contribution in [3.63, 3.8) is 0 Å². The van der Waals surface area contributed by atoms with Crippen LogP contribution in [0.2, 0.25) is 0 Å². The van der Waals surface area contributed by atoms with Gasteiger partial charge < -0.3 is 4.74 Å². The predicted octanol–water partition coefficient (Wildman–Crippen LogP) is 10.3. The third-order valence-corrected chi connectivity index (χ3v) is 5.31. The lowest BCUT2D eigenvalue weighted by molar-refractivity contribution is 0.339. The van der Waals surface area contributed by atoms with Crippen molar-refractivity contribution in [3.05, 3.63) is 107 Å². The maximum absolute atomic E-state index is 5.79. The normalized spacial score (nSPS) is 10.7. The molecule has 3 rings (SSSR count). The van der Waals surface area contributed by atoms with Crippen LogP contribution in [0.3, 0.4) is 0 Å². The Morgan fingerprint density at radius 3 is 1.74 bits per heavy atom. The van der Waals surface area contributed by atoms with Crippen LogP contribution < -0.4 is 4.74 Å². The molecule has 35 heavy (non-hydrogen) atoms. The van der Waals surface area contributed by atoms with Crippen molar-refractivity contribution in [1.29, 1.82) is 0 Å². The van der Waals surface area contributed by atoms with Gasteiger partial charge in [0.25, 0.3) is 0 Å². The molecule has 0 fully saturated rings. The van der Waals surface area contributed by atoms with Gasteiger partial charge in [0.2, 0.25) is 0 Å². The Morgan fingerprint density at radius 2 is 1.20 bits per heavy atom. The van der Waals surface area contributed by atoms with Crippen LogP contribution in [0, 0.1) is 19.8 Å². The second kappa shape index (κ2) is 20.6. The Hall–Kier alpha value is -2.80.